The van der Waals surface area contributed by atoms with Crippen LogP contribution >= 0.6 is 22.6 Å². The van der Waals surface area contributed by atoms with E-state index in [1.165, 1.54) is 12.1 Å². The van der Waals surface area contributed by atoms with E-state index in [-0.39, 0.29) is 5.82 Å². The number of benzene rings is 2. The first kappa shape index (κ1) is 13.1. The molecule has 100 valence electrons. The van der Waals surface area contributed by atoms with Gasteiger partial charge < -0.3 is 11.1 Å². The van der Waals surface area contributed by atoms with Crippen LogP contribution in [0.1, 0.15) is 0 Å². The maximum absolute atomic E-state index is 13.1. The number of fused-ring (bicyclic) bond motifs is 1. The van der Waals surface area contributed by atoms with Gasteiger partial charge in [-0.15, -0.1) is 0 Å². The molecule has 3 N–H and O–H groups in total. The Morgan fingerprint density at radius 2 is 1.90 bits per heavy atom. The van der Waals surface area contributed by atoms with Gasteiger partial charge in [0.05, 0.1) is 16.9 Å². The molecule has 0 aliphatic rings. The minimum Gasteiger partial charge on any atom is -0.397 e. The molecule has 0 atom stereocenters. The number of nitrogens with one attached hydrogen (secondary N) is 1. The number of aromatic nitrogens is 1. The number of rotatable bonds is 2. The van der Waals surface area contributed by atoms with Crippen LogP contribution in [0.4, 0.5) is 21.5 Å². The van der Waals surface area contributed by atoms with E-state index in [2.05, 4.69) is 32.9 Å². The van der Waals surface area contributed by atoms with E-state index < -0.39 is 0 Å². The summed E-state index contributed by atoms with van der Waals surface area (Å²) in [4.78, 5) is 4.29. The van der Waals surface area contributed by atoms with Gasteiger partial charge in [0.25, 0.3) is 0 Å². The summed E-state index contributed by atoms with van der Waals surface area (Å²) < 4.78 is 13.9. The summed E-state index contributed by atoms with van der Waals surface area (Å²) in [5, 5.41) is 4.24. The highest BCUT2D eigenvalue weighted by Crippen LogP contribution is 2.30. The molecular weight excluding hydrogens is 368 g/mol. The molecule has 3 aromatic rings. The average molecular weight is 379 g/mol. The fourth-order valence-electron chi connectivity index (χ4n) is 2.04. The molecule has 5 heteroatoms. The highest BCUT2D eigenvalue weighted by Gasteiger charge is 2.07. The number of anilines is 3. The Morgan fingerprint density at radius 3 is 2.70 bits per heavy atom. The summed E-state index contributed by atoms with van der Waals surface area (Å²) in [6.07, 6.45) is 1.71. The monoisotopic (exact) mass is 379 g/mol. The Labute approximate surface area is 129 Å². The van der Waals surface area contributed by atoms with Gasteiger partial charge in [0.2, 0.25) is 0 Å². The lowest BCUT2D eigenvalue weighted by Crippen LogP contribution is -1.97. The third-order valence-electron chi connectivity index (χ3n) is 3.00. The van der Waals surface area contributed by atoms with Crippen LogP contribution in [0.2, 0.25) is 0 Å². The van der Waals surface area contributed by atoms with Crippen LogP contribution < -0.4 is 11.1 Å². The Kier molecular flexibility index (Phi) is 3.43. The van der Waals surface area contributed by atoms with Gasteiger partial charge in [-0.3, -0.25) is 4.98 Å². The number of nitrogen functional groups attached to an aromatic ring is 1. The first-order valence-corrected chi connectivity index (χ1v) is 7.08. The van der Waals surface area contributed by atoms with Crippen LogP contribution in [0.25, 0.3) is 10.9 Å². The van der Waals surface area contributed by atoms with Crippen LogP contribution in [-0.4, -0.2) is 4.98 Å². The molecule has 0 radical (unpaired) electrons. The normalized spacial score (nSPS) is 10.7. The number of halogens is 2. The third kappa shape index (κ3) is 2.40. The predicted molar refractivity (Wildman–Crippen MR) is 88.6 cm³/mol. The van der Waals surface area contributed by atoms with Crippen LogP contribution in [0.5, 0.6) is 0 Å². The fourth-order valence-corrected chi connectivity index (χ4v) is 2.65. The molecule has 0 unspecified atom stereocenters. The van der Waals surface area contributed by atoms with Crippen molar-refractivity contribution in [1.29, 1.82) is 0 Å². The van der Waals surface area contributed by atoms with Crippen molar-refractivity contribution < 1.29 is 4.39 Å². The SMILES string of the molecule is Nc1ccc(Nc2ccc(F)cc2I)c2cccnc12. The Hall–Kier alpha value is -1.89. The first-order valence-electron chi connectivity index (χ1n) is 6.00. The Bertz CT molecular complexity index is 789. The zero-order valence-corrected chi connectivity index (χ0v) is 12.6. The minimum atomic E-state index is -0.246. The van der Waals surface area contributed by atoms with E-state index in [4.69, 9.17) is 5.73 Å². The minimum absolute atomic E-state index is 0.246. The fraction of sp³-hybridized carbons (Fsp3) is 0. The molecule has 20 heavy (non-hydrogen) atoms. The highest BCUT2D eigenvalue weighted by atomic mass is 127. The van der Waals surface area contributed by atoms with Crippen LogP contribution in [-0.2, 0) is 0 Å². The zero-order chi connectivity index (χ0) is 14.1. The molecule has 0 saturated heterocycles. The van der Waals surface area contributed by atoms with E-state index >= 15 is 0 Å². The summed E-state index contributed by atoms with van der Waals surface area (Å²) in [6.45, 7) is 0. The lowest BCUT2D eigenvalue weighted by Gasteiger charge is -2.12. The Balaban J connectivity index is 2.09. The summed E-state index contributed by atoms with van der Waals surface area (Å²) in [7, 11) is 0. The largest absolute Gasteiger partial charge is 0.397 e. The third-order valence-corrected chi connectivity index (χ3v) is 3.89. The van der Waals surface area contributed by atoms with Crippen molar-refractivity contribution in [3.05, 3.63) is 58.0 Å². The molecule has 2 aromatic carbocycles. The van der Waals surface area contributed by atoms with Crippen LogP contribution in [0, 0.1) is 9.39 Å². The van der Waals surface area contributed by atoms with Crippen molar-refractivity contribution in [2.75, 3.05) is 11.1 Å². The molecule has 0 aliphatic heterocycles. The number of hydrogen-bond acceptors (Lipinski definition) is 3. The second-order valence-corrected chi connectivity index (χ2v) is 5.51. The molecule has 3 nitrogen and oxygen atoms in total. The number of nitrogens with two attached hydrogens (primary N) is 1. The summed E-state index contributed by atoms with van der Waals surface area (Å²) in [5.41, 5.74) is 9.07. The molecule has 0 aliphatic carbocycles. The van der Waals surface area contributed by atoms with Crippen molar-refractivity contribution in [3.63, 3.8) is 0 Å². The van der Waals surface area contributed by atoms with E-state index in [0.717, 1.165) is 25.8 Å². The predicted octanol–water partition coefficient (Wildman–Crippen LogP) is 4.30. The first-order chi connectivity index (χ1) is 9.65. The van der Waals surface area contributed by atoms with Gasteiger partial charge in [-0.05, 0) is 65.1 Å². The van der Waals surface area contributed by atoms with Gasteiger partial charge in [0, 0.05) is 20.8 Å². The maximum atomic E-state index is 13.1. The van der Waals surface area contributed by atoms with Gasteiger partial charge in [-0.1, -0.05) is 0 Å². The molecule has 1 aromatic heterocycles. The van der Waals surface area contributed by atoms with Gasteiger partial charge >= 0.3 is 0 Å². The van der Waals surface area contributed by atoms with Gasteiger partial charge in [-0.25, -0.2) is 4.39 Å². The number of hydrogen-bond donors (Lipinski definition) is 2. The zero-order valence-electron chi connectivity index (χ0n) is 10.4. The Morgan fingerprint density at radius 1 is 1.10 bits per heavy atom. The van der Waals surface area contributed by atoms with Crippen molar-refractivity contribution in [2.45, 2.75) is 0 Å². The summed E-state index contributed by atoms with van der Waals surface area (Å²) in [6, 6.07) is 12.2. The van der Waals surface area contributed by atoms with Gasteiger partial charge in [0.15, 0.2) is 0 Å². The van der Waals surface area contributed by atoms with Crippen molar-refractivity contribution in [3.8, 4) is 0 Å². The smallest absolute Gasteiger partial charge is 0.124 e. The second kappa shape index (κ2) is 5.24. The van der Waals surface area contributed by atoms with Gasteiger partial charge in [-0.2, -0.15) is 0 Å². The quantitative estimate of drug-likeness (QED) is 0.516. The maximum Gasteiger partial charge on any atom is 0.124 e. The van der Waals surface area contributed by atoms with E-state index in [9.17, 15) is 4.39 Å². The molecule has 0 fully saturated rings. The molecule has 0 bridgehead atoms. The molecule has 0 amide bonds. The number of nitrogens with zero attached hydrogens (tertiary/aromatic N) is 1. The average Bonchev–Trinajstić information content (AvgIpc) is 2.45. The standard InChI is InChI=1S/C15H11FIN3/c16-9-3-5-14(11(17)8-9)20-13-6-4-12(18)15-10(13)2-1-7-19-15/h1-8,20H,18H2. The lowest BCUT2D eigenvalue weighted by molar-refractivity contribution is 0.627. The van der Waals surface area contributed by atoms with Gasteiger partial charge in [0.1, 0.15) is 5.82 Å². The summed E-state index contributed by atoms with van der Waals surface area (Å²) in [5.74, 6) is -0.246. The lowest BCUT2D eigenvalue weighted by atomic mass is 10.1. The molecule has 0 spiro atoms. The van der Waals surface area contributed by atoms with E-state index in [1.54, 1.807) is 12.3 Å². The molecule has 1 heterocycles. The van der Waals surface area contributed by atoms with E-state index in [0.29, 0.717) is 5.69 Å². The van der Waals surface area contributed by atoms with Crippen molar-refractivity contribution in [1.82, 2.24) is 4.98 Å². The van der Waals surface area contributed by atoms with Crippen molar-refractivity contribution in [2.24, 2.45) is 0 Å². The summed E-state index contributed by atoms with van der Waals surface area (Å²) >= 11 is 2.10. The molecular formula is C15H11FIN3. The molecule has 3 rings (SSSR count). The van der Waals surface area contributed by atoms with E-state index in [1.807, 2.05) is 24.3 Å². The number of pyridine rings is 1. The highest BCUT2D eigenvalue weighted by molar-refractivity contribution is 14.1. The van der Waals surface area contributed by atoms with Crippen LogP contribution in [0.15, 0.2) is 48.7 Å². The second-order valence-electron chi connectivity index (χ2n) is 4.35. The van der Waals surface area contributed by atoms with Crippen LogP contribution in [0.3, 0.4) is 0 Å². The topological polar surface area (TPSA) is 50.9 Å². The molecule has 0 saturated carbocycles. The van der Waals surface area contributed by atoms with Crippen molar-refractivity contribution >= 4 is 50.6 Å².